The van der Waals surface area contributed by atoms with Crippen molar-refractivity contribution < 1.29 is 29.3 Å². The molecule has 2 aromatic rings. The Kier molecular flexibility index (Phi) is 8.13. The molecule has 1 aliphatic heterocycles. The van der Waals surface area contributed by atoms with Gasteiger partial charge in [0.25, 0.3) is 0 Å². The summed E-state index contributed by atoms with van der Waals surface area (Å²) in [7, 11) is 4.12. The Labute approximate surface area is 164 Å². The first kappa shape index (κ1) is 21.6. The van der Waals surface area contributed by atoms with Crippen molar-refractivity contribution in [3.63, 3.8) is 0 Å². The summed E-state index contributed by atoms with van der Waals surface area (Å²) in [4.78, 5) is 20.3. The van der Waals surface area contributed by atoms with Gasteiger partial charge in [0.1, 0.15) is 0 Å². The lowest BCUT2D eigenvalue weighted by Crippen LogP contribution is -2.29. The Morgan fingerprint density at radius 1 is 0.964 bits per heavy atom. The molecule has 0 saturated carbocycles. The highest BCUT2D eigenvalue weighted by Crippen LogP contribution is 2.33. The number of carboxylic acids is 2. The van der Waals surface area contributed by atoms with Crippen LogP contribution in [0.1, 0.15) is 17.0 Å². The Morgan fingerprint density at radius 3 is 1.82 bits per heavy atom. The first-order valence-electron chi connectivity index (χ1n) is 8.86. The number of hydrogen-bond acceptors (Lipinski definition) is 5. The summed E-state index contributed by atoms with van der Waals surface area (Å²) in [5.74, 6) is -3.54. The van der Waals surface area contributed by atoms with E-state index in [1.54, 1.807) is 0 Å². The summed E-state index contributed by atoms with van der Waals surface area (Å²) in [6, 6.07) is 20.9. The summed E-state index contributed by atoms with van der Waals surface area (Å²) < 4.78 is 12.2. The average Bonchev–Trinajstić information content (AvgIpc) is 3.11. The van der Waals surface area contributed by atoms with Crippen LogP contribution in [0.15, 0.2) is 60.7 Å². The van der Waals surface area contributed by atoms with Crippen LogP contribution in [0.25, 0.3) is 0 Å². The van der Waals surface area contributed by atoms with Crippen molar-refractivity contribution in [2.45, 2.75) is 18.3 Å². The van der Waals surface area contributed by atoms with Gasteiger partial charge < -0.3 is 24.6 Å². The number of benzene rings is 2. The maximum atomic E-state index is 9.10. The molecule has 0 aromatic heterocycles. The van der Waals surface area contributed by atoms with Gasteiger partial charge in [0, 0.05) is 6.54 Å². The van der Waals surface area contributed by atoms with Gasteiger partial charge in [-0.15, -0.1) is 0 Å². The number of ether oxygens (including phenoxy) is 2. The molecule has 1 aliphatic rings. The topological polar surface area (TPSA) is 96.3 Å². The van der Waals surface area contributed by atoms with E-state index in [0.29, 0.717) is 6.61 Å². The summed E-state index contributed by atoms with van der Waals surface area (Å²) in [6.45, 7) is 1.53. The van der Waals surface area contributed by atoms with E-state index in [4.69, 9.17) is 29.3 Å². The lowest BCUT2D eigenvalue weighted by Gasteiger charge is -2.24. The second-order valence-electron chi connectivity index (χ2n) is 6.63. The minimum Gasteiger partial charge on any atom is -0.473 e. The smallest absolute Gasteiger partial charge is 0.414 e. The van der Waals surface area contributed by atoms with Crippen molar-refractivity contribution in [3.05, 3.63) is 71.8 Å². The first-order valence-corrected chi connectivity index (χ1v) is 8.86. The van der Waals surface area contributed by atoms with E-state index in [9.17, 15) is 0 Å². The molecule has 150 valence electrons. The van der Waals surface area contributed by atoms with Crippen LogP contribution < -0.4 is 0 Å². The van der Waals surface area contributed by atoms with Crippen LogP contribution >= 0.6 is 0 Å². The summed E-state index contributed by atoms with van der Waals surface area (Å²) in [6.07, 6.45) is -0.0929. The molecule has 1 fully saturated rings. The van der Waals surface area contributed by atoms with Crippen LogP contribution in [-0.2, 0) is 19.1 Å². The molecule has 7 heteroatoms. The number of hydrogen-bond donors (Lipinski definition) is 2. The minimum atomic E-state index is -1.82. The van der Waals surface area contributed by atoms with Gasteiger partial charge >= 0.3 is 11.9 Å². The molecule has 2 N–H and O–H groups in total. The van der Waals surface area contributed by atoms with Crippen LogP contribution in [0.4, 0.5) is 0 Å². The van der Waals surface area contributed by atoms with Gasteiger partial charge in [-0.25, -0.2) is 9.59 Å². The second-order valence-corrected chi connectivity index (χ2v) is 6.63. The number of nitrogens with zero attached hydrogens (tertiary/aromatic N) is 1. The Balaban J connectivity index is 0.000000409. The third kappa shape index (κ3) is 6.45. The fourth-order valence-corrected chi connectivity index (χ4v) is 2.98. The molecule has 3 rings (SSSR count). The van der Waals surface area contributed by atoms with E-state index in [0.717, 1.165) is 6.54 Å². The first-order chi connectivity index (χ1) is 13.4. The summed E-state index contributed by atoms with van der Waals surface area (Å²) >= 11 is 0. The molecule has 2 aromatic carbocycles. The Hall–Kier alpha value is -2.74. The van der Waals surface area contributed by atoms with Gasteiger partial charge in [0.15, 0.2) is 6.29 Å². The van der Waals surface area contributed by atoms with Gasteiger partial charge in [0.2, 0.25) is 0 Å². The Morgan fingerprint density at radius 2 is 1.43 bits per heavy atom. The van der Waals surface area contributed by atoms with E-state index >= 15 is 0 Å². The molecule has 0 amide bonds. The molecule has 2 atom stereocenters. The third-order valence-electron chi connectivity index (χ3n) is 4.11. The van der Waals surface area contributed by atoms with Crippen LogP contribution in [-0.4, -0.2) is 66.7 Å². The molecule has 0 unspecified atom stereocenters. The molecular formula is C21H25NO6. The lowest BCUT2D eigenvalue weighted by molar-refractivity contribution is -0.159. The molecular weight excluding hydrogens is 362 g/mol. The van der Waals surface area contributed by atoms with Crippen molar-refractivity contribution in [2.75, 3.05) is 27.2 Å². The maximum absolute atomic E-state index is 9.10. The largest absolute Gasteiger partial charge is 0.473 e. The monoisotopic (exact) mass is 387 g/mol. The molecule has 1 heterocycles. The van der Waals surface area contributed by atoms with Crippen molar-refractivity contribution in [1.29, 1.82) is 0 Å². The number of likely N-dealkylation sites (N-methyl/N-ethyl adjacent to an activating group) is 1. The van der Waals surface area contributed by atoms with Gasteiger partial charge in [-0.05, 0) is 25.2 Å². The van der Waals surface area contributed by atoms with Crippen LogP contribution in [0, 0.1) is 0 Å². The molecule has 0 spiro atoms. The van der Waals surface area contributed by atoms with Crippen molar-refractivity contribution in [1.82, 2.24) is 4.90 Å². The second kappa shape index (κ2) is 10.6. The predicted octanol–water partition coefficient (Wildman–Crippen LogP) is 2.28. The van der Waals surface area contributed by atoms with E-state index in [1.807, 2.05) is 12.1 Å². The predicted molar refractivity (Wildman–Crippen MR) is 103 cm³/mol. The molecule has 1 saturated heterocycles. The van der Waals surface area contributed by atoms with Crippen LogP contribution in [0.2, 0.25) is 0 Å². The highest BCUT2D eigenvalue weighted by atomic mass is 16.7. The number of carbonyl (C=O) groups is 2. The zero-order valence-corrected chi connectivity index (χ0v) is 15.9. The molecule has 0 bridgehead atoms. The standard InChI is InChI=1S/C19H23NO2.C2H2O4/c1-20(2)13-17-14-21-19(22-17)18(15-9-5-3-6-10-15)16-11-7-4-8-12-16;3-1(4)2(5)6/h3-12,17-19H,13-14H2,1-2H3;(H,3,4)(H,5,6)/t17-,19+;/m1./s1. The fraction of sp³-hybridized carbons (Fsp3) is 0.333. The normalized spacial score (nSPS) is 18.6. The third-order valence-corrected chi connectivity index (χ3v) is 4.11. The van der Waals surface area contributed by atoms with Crippen LogP contribution in [0.5, 0.6) is 0 Å². The van der Waals surface area contributed by atoms with Gasteiger partial charge in [-0.2, -0.15) is 0 Å². The maximum Gasteiger partial charge on any atom is 0.414 e. The van der Waals surface area contributed by atoms with Crippen molar-refractivity contribution in [2.24, 2.45) is 0 Å². The van der Waals surface area contributed by atoms with E-state index in [-0.39, 0.29) is 18.3 Å². The highest BCUT2D eigenvalue weighted by Gasteiger charge is 2.34. The zero-order valence-electron chi connectivity index (χ0n) is 15.9. The van der Waals surface area contributed by atoms with Gasteiger partial charge in [-0.3, -0.25) is 0 Å². The van der Waals surface area contributed by atoms with E-state index in [1.165, 1.54) is 11.1 Å². The zero-order chi connectivity index (χ0) is 20.5. The molecule has 0 aliphatic carbocycles. The fourth-order valence-electron chi connectivity index (χ4n) is 2.98. The average molecular weight is 387 g/mol. The van der Waals surface area contributed by atoms with Crippen LogP contribution in [0.3, 0.4) is 0 Å². The van der Waals surface area contributed by atoms with Crippen molar-refractivity contribution >= 4 is 11.9 Å². The molecule has 0 radical (unpaired) electrons. The lowest BCUT2D eigenvalue weighted by atomic mass is 9.91. The summed E-state index contributed by atoms with van der Waals surface area (Å²) in [5.41, 5.74) is 2.45. The Bertz CT molecular complexity index is 699. The minimum absolute atomic E-state index is 0.106. The summed E-state index contributed by atoms with van der Waals surface area (Å²) in [5, 5.41) is 14.8. The SMILES string of the molecule is CN(C)C[C@@H]1CO[C@H](C(c2ccccc2)c2ccccc2)O1.O=C(O)C(=O)O. The van der Waals surface area contributed by atoms with E-state index < -0.39 is 11.9 Å². The van der Waals surface area contributed by atoms with Gasteiger partial charge in [-0.1, -0.05) is 60.7 Å². The van der Waals surface area contributed by atoms with E-state index in [2.05, 4.69) is 67.5 Å². The number of carboxylic acid groups (broad SMARTS) is 2. The number of rotatable bonds is 5. The number of aliphatic carboxylic acids is 2. The molecule has 7 nitrogen and oxygen atoms in total. The van der Waals surface area contributed by atoms with Crippen molar-refractivity contribution in [3.8, 4) is 0 Å². The van der Waals surface area contributed by atoms with Gasteiger partial charge in [0.05, 0.1) is 18.6 Å². The quantitative estimate of drug-likeness (QED) is 0.760. The molecule has 28 heavy (non-hydrogen) atoms. The highest BCUT2D eigenvalue weighted by molar-refractivity contribution is 6.27.